The Hall–Kier alpha value is -2.85. The predicted octanol–water partition coefficient (Wildman–Crippen LogP) is 3.29. The van der Waals surface area contributed by atoms with E-state index >= 15 is 0 Å². The summed E-state index contributed by atoms with van der Waals surface area (Å²) in [6.45, 7) is 3.19. The van der Waals surface area contributed by atoms with Crippen LogP contribution < -0.4 is 10.1 Å². The fourth-order valence-electron chi connectivity index (χ4n) is 2.98. The molecule has 7 heteroatoms. The van der Waals surface area contributed by atoms with Crippen molar-refractivity contribution in [1.29, 1.82) is 5.26 Å². The van der Waals surface area contributed by atoms with E-state index in [2.05, 4.69) is 11.4 Å². The Labute approximate surface area is 161 Å². The quantitative estimate of drug-likeness (QED) is 0.772. The summed E-state index contributed by atoms with van der Waals surface area (Å²) >= 11 is 1.43. The molecule has 0 aliphatic heterocycles. The molecule has 0 bridgehead atoms. The molecular formula is C20H20N2O4S. The fourth-order valence-corrected chi connectivity index (χ4v) is 4.23. The number of hydrogen-bond donors (Lipinski definition) is 1. The van der Waals surface area contributed by atoms with Gasteiger partial charge in [-0.25, -0.2) is 4.79 Å². The zero-order chi connectivity index (χ0) is 19.4. The Balaban J connectivity index is 1.49. The maximum absolute atomic E-state index is 12.1. The second kappa shape index (κ2) is 8.23. The molecule has 0 atom stereocenters. The van der Waals surface area contributed by atoms with E-state index < -0.39 is 18.5 Å². The number of amides is 1. The van der Waals surface area contributed by atoms with Gasteiger partial charge >= 0.3 is 5.97 Å². The van der Waals surface area contributed by atoms with Crippen LogP contribution in [0.4, 0.5) is 5.00 Å². The zero-order valence-corrected chi connectivity index (χ0v) is 16.1. The summed E-state index contributed by atoms with van der Waals surface area (Å²) in [7, 11) is 0. The van der Waals surface area contributed by atoms with Gasteiger partial charge in [-0.1, -0.05) is 12.1 Å². The lowest BCUT2D eigenvalue weighted by atomic mass is 10.1. The van der Waals surface area contributed by atoms with E-state index in [1.54, 1.807) is 6.07 Å². The summed E-state index contributed by atoms with van der Waals surface area (Å²) in [5, 5.41) is 12.5. The van der Waals surface area contributed by atoms with Gasteiger partial charge in [0.25, 0.3) is 5.91 Å². The minimum Gasteiger partial charge on any atom is -0.482 e. The van der Waals surface area contributed by atoms with Gasteiger partial charge in [0.15, 0.2) is 13.2 Å². The average molecular weight is 384 g/mol. The minimum absolute atomic E-state index is 0.270. The first-order valence-corrected chi connectivity index (χ1v) is 9.50. The molecule has 0 radical (unpaired) electrons. The molecule has 1 N–H and O–H groups in total. The Morgan fingerprint density at radius 3 is 2.85 bits per heavy atom. The van der Waals surface area contributed by atoms with Gasteiger partial charge in [-0.3, -0.25) is 4.79 Å². The van der Waals surface area contributed by atoms with Gasteiger partial charge in [0, 0.05) is 4.88 Å². The van der Waals surface area contributed by atoms with Crippen LogP contribution in [0.3, 0.4) is 0 Å². The molecule has 0 fully saturated rings. The first kappa shape index (κ1) is 18.9. The lowest BCUT2D eigenvalue weighted by molar-refractivity contribution is -0.149. The molecule has 1 amide bonds. The Bertz CT molecular complexity index is 927. The summed E-state index contributed by atoms with van der Waals surface area (Å²) in [4.78, 5) is 25.0. The second-order valence-corrected chi connectivity index (χ2v) is 7.47. The van der Waals surface area contributed by atoms with Crippen molar-refractivity contribution in [2.45, 2.75) is 33.1 Å². The van der Waals surface area contributed by atoms with E-state index in [1.165, 1.54) is 11.3 Å². The number of carbonyl (C=O) groups excluding carboxylic acids is 2. The minimum atomic E-state index is -0.625. The van der Waals surface area contributed by atoms with Crippen LogP contribution in [0.15, 0.2) is 18.2 Å². The SMILES string of the molecule is Cc1cccc(OCC(=O)OCC(=O)Nc2sc3c(c2C#N)CCC3)c1C. The molecule has 1 heterocycles. The average Bonchev–Trinajstić information content (AvgIpc) is 3.21. The highest BCUT2D eigenvalue weighted by Crippen LogP contribution is 2.38. The van der Waals surface area contributed by atoms with E-state index in [4.69, 9.17) is 9.47 Å². The van der Waals surface area contributed by atoms with E-state index in [9.17, 15) is 14.9 Å². The normalized spacial score (nSPS) is 12.2. The van der Waals surface area contributed by atoms with E-state index in [0.29, 0.717) is 16.3 Å². The van der Waals surface area contributed by atoms with Crippen LogP contribution in [-0.4, -0.2) is 25.1 Å². The Kier molecular flexibility index (Phi) is 5.77. The van der Waals surface area contributed by atoms with Gasteiger partial charge in [0.1, 0.15) is 16.8 Å². The van der Waals surface area contributed by atoms with Crippen molar-refractivity contribution < 1.29 is 19.1 Å². The number of benzene rings is 1. The smallest absolute Gasteiger partial charge is 0.344 e. The molecule has 0 saturated carbocycles. The van der Waals surface area contributed by atoms with Gasteiger partial charge in [0.2, 0.25) is 0 Å². The lowest BCUT2D eigenvalue weighted by Crippen LogP contribution is -2.23. The maximum Gasteiger partial charge on any atom is 0.344 e. The van der Waals surface area contributed by atoms with Crippen molar-refractivity contribution in [2.75, 3.05) is 18.5 Å². The van der Waals surface area contributed by atoms with Gasteiger partial charge in [0.05, 0.1) is 5.56 Å². The number of nitriles is 1. The number of rotatable bonds is 6. The Morgan fingerprint density at radius 2 is 2.07 bits per heavy atom. The van der Waals surface area contributed by atoms with Crippen molar-refractivity contribution in [2.24, 2.45) is 0 Å². The number of hydrogen-bond acceptors (Lipinski definition) is 6. The number of aryl methyl sites for hydroxylation is 2. The molecule has 3 rings (SSSR count). The first-order valence-electron chi connectivity index (χ1n) is 8.68. The van der Waals surface area contributed by atoms with Crippen molar-refractivity contribution >= 4 is 28.2 Å². The summed E-state index contributed by atoms with van der Waals surface area (Å²) in [6, 6.07) is 7.75. The van der Waals surface area contributed by atoms with Crippen LogP contribution in [0.2, 0.25) is 0 Å². The Morgan fingerprint density at radius 1 is 1.26 bits per heavy atom. The van der Waals surface area contributed by atoms with Crippen LogP contribution in [0.5, 0.6) is 5.75 Å². The van der Waals surface area contributed by atoms with E-state index in [1.807, 2.05) is 26.0 Å². The molecule has 6 nitrogen and oxygen atoms in total. The van der Waals surface area contributed by atoms with E-state index in [-0.39, 0.29) is 6.61 Å². The number of nitrogens with one attached hydrogen (secondary N) is 1. The molecule has 0 unspecified atom stereocenters. The number of anilines is 1. The highest BCUT2D eigenvalue weighted by Gasteiger charge is 2.23. The third-order valence-electron chi connectivity index (χ3n) is 4.55. The molecule has 1 aliphatic rings. The summed E-state index contributed by atoms with van der Waals surface area (Å²) in [5.41, 5.74) is 3.59. The fraction of sp³-hybridized carbons (Fsp3) is 0.350. The van der Waals surface area contributed by atoms with Gasteiger partial charge in [-0.05, 0) is 55.9 Å². The highest BCUT2D eigenvalue weighted by atomic mass is 32.1. The van der Waals surface area contributed by atoms with Crippen LogP contribution in [0.25, 0.3) is 0 Å². The van der Waals surface area contributed by atoms with Crippen LogP contribution >= 0.6 is 11.3 Å². The van der Waals surface area contributed by atoms with Crippen molar-refractivity contribution in [3.05, 3.63) is 45.3 Å². The number of fused-ring (bicyclic) bond motifs is 1. The molecule has 1 aromatic carbocycles. The molecule has 1 aromatic heterocycles. The van der Waals surface area contributed by atoms with Gasteiger partial charge in [-0.2, -0.15) is 5.26 Å². The number of esters is 1. The van der Waals surface area contributed by atoms with Crippen molar-refractivity contribution in [3.8, 4) is 11.8 Å². The number of nitrogens with zero attached hydrogens (tertiary/aromatic N) is 1. The molecule has 1 aliphatic carbocycles. The third kappa shape index (κ3) is 4.29. The third-order valence-corrected chi connectivity index (χ3v) is 5.76. The summed E-state index contributed by atoms with van der Waals surface area (Å²) < 4.78 is 10.4. The van der Waals surface area contributed by atoms with Crippen molar-refractivity contribution in [3.63, 3.8) is 0 Å². The molecule has 140 valence electrons. The van der Waals surface area contributed by atoms with Gasteiger partial charge < -0.3 is 14.8 Å². The van der Waals surface area contributed by atoms with E-state index in [0.717, 1.165) is 40.8 Å². The number of carbonyl (C=O) groups is 2. The predicted molar refractivity (Wildman–Crippen MR) is 102 cm³/mol. The second-order valence-electron chi connectivity index (χ2n) is 6.37. The standard InChI is InChI=1S/C20H20N2O4S/c1-12-5-3-7-16(13(12)2)25-11-19(24)26-10-18(23)22-20-15(9-21)14-6-4-8-17(14)27-20/h3,5,7H,4,6,8,10-11H2,1-2H3,(H,22,23). The van der Waals surface area contributed by atoms with Gasteiger partial charge in [-0.15, -0.1) is 11.3 Å². The van der Waals surface area contributed by atoms with Crippen LogP contribution in [0, 0.1) is 25.2 Å². The largest absolute Gasteiger partial charge is 0.482 e. The van der Waals surface area contributed by atoms with Crippen LogP contribution in [-0.2, 0) is 27.2 Å². The number of thiophene rings is 1. The zero-order valence-electron chi connectivity index (χ0n) is 15.3. The highest BCUT2D eigenvalue weighted by molar-refractivity contribution is 7.16. The monoisotopic (exact) mass is 384 g/mol. The molecular weight excluding hydrogens is 364 g/mol. The molecule has 2 aromatic rings. The summed E-state index contributed by atoms with van der Waals surface area (Å²) in [5.74, 6) is -0.477. The van der Waals surface area contributed by atoms with Crippen LogP contribution in [0.1, 0.15) is 33.6 Å². The molecule has 27 heavy (non-hydrogen) atoms. The lowest BCUT2D eigenvalue weighted by Gasteiger charge is -2.10. The molecule has 0 saturated heterocycles. The molecule has 0 spiro atoms. The summed E-state index contributed by atoms with van der Waals surface area (Å²) in [6.07, 6.45) is 2.85. The topological polar surface area (TPSA) is 88.4 Å². The maximum atomic E-state index is 12.1. The van der Waals surface area contributed by atoms with Crippen molar-refractivity contribution in [1.82, 2.24) is 0 Å². The number of ether oxygens (including phenoxy) is 2. The first-order chi connectivity index (χ1) is 13.0.